The molecule has 0 aliphatic rings. The van der Waals surface area contributed by atoms with Crippen molar-refractivity contribution in [2.75, 3.05) is 0 Å². The molecule has 34 heavy (non-hydrogen) atoms. The number of fused-ring (bicyclic) bond motifs is 1. The van der Waals surface area contributed by atoms with Crippen LogP contribution >= 0.6 is 11.6 Å². The summed E-state index contributed by atoms with van der Waals surface area (Å²) in [6.45, 7) is 0.0520. The average molecular weight is 502 g/mol. The third-order valence-electron chi connectivity index (χ3n) is 5.48. The van der Waals surface area contributed by atoms with E-state index in [2.05, 4.69) is 10.3 Å². The minimum atomic E-state index is -1.09. The molecule has 4 rings (SSSR count). The zero-order valence-electron chi connectivity index (χ0n) is 19.5. The number of aromatic nitrogens is 3. The van der Waals surface area contributed by atoms with Crippen LogP contribution < -0.4 is 56.9 Å². The number of Topliss-reactive ketones (excluding diaryl/α,β-unsaturated/α-hetero) is 1. The van der Waals surface area contributed by atoms with Crippen LogP contribution in [0.5, 0.6) is 0 Å². The third-order valence-corrected chi connectivity index (χ3v) is 5.74. The Kier molecular flexibility index (Phi) is 9.29. The second-order valence-corrected chi connectivity index (χ2v) is 8.11. The molecule has 0 saturated carbocycles. The first-order chi connectivity index (χ1) is 15.9. The number of carboxylic acids is 1. The van der Waals surface area contributed by atoms with Gasteiger partial charge in [0.15, 0.2) is 5.78 Å². The second-order valence-electron chi connectivity index (χ2n) is 7.67. The fourth-order valence-corrected chi connectivity index (χ4v) is 3.72. The zero-order chi connectivity index (χ0) is 23.4. The predicted molar refractivity (Wildman–Crippen MR) is 126 cm³/mol. The summed E-state index contributed by atoms with van der Waals surface area (Å²) in [5.74, 6) is -2.32. The Morgan fingerprint density at radius 3 is 2.24 bits per heavy atom. The number of carboxylic acid groups (broad SMARTS) is 1. The summed E-state index contributed by atoms with van der Waals surface area (Å²) in [6, 6.07) is 21.2. The van der Waals surface area contributed by atoms with Crippen molar-refractivity contribution in [1.82, 2.24) is 15.0 Å². The molecule has 0 bridgehead atoms. The Hall–Kier alpha value is -2.20. The van der Waals surface area contributed by atoms with Gasteiger partial charge in [-0.25, -0.2) is 4.68 Å². The minimum absolute atomic E-state index is 0. The van der Waals surface area contributed by atoms with Gasteiger partial charge in [0, 0.05) is 23.6 Å². The molecule has 1 N–H and O–H groups in total. The molecule has 0 radical (unpaired) electrons. The number of benzene rings is 3. The maximum atomic E-state index is 12.7. The van der Waals surface area contributed by atoms with Gasteiger partial charge < -0.3 is 6.53 Å². The average Bonchev–Trinajstić information content (AvgIpc) is 2.83. The normalized spacial score (nSPS) is 11.6. The maximum absolute atomic E-state index is 12.7. The van der Waals surface area contributed by atoms with E-state index in [1.807, 2.05) is 24.3 Å². The number of ketones is 1. The summed E-state index contributed by atoms with van der Waals surface area (Å²) in [5, 5.41) is 18.6. The number of aryl methyl sites for hydroxylation is 1. The number of carbonyl (C=O) groups is 2. The van der Waals surface area contributed by atoms with E-state index >= 15 is 0 Å². The van der Waals surface area contributed by atoms with Gasteiger partial charge in [-0.3, -0.25) is 14.4 Å². The zero-order valence-corrected chi connectivity index (χ0v) is 22.4. The van der Waals surface area contributed by atoms with Crippen LogP contribution in [0.1, 0.15) is 24.6 Å². The minimum Gasteiger partial charge on any atom is -1.00 e. The van der Waals surface area contributed by atoms with Crippen LogP contribution in [-0.2, 0) is 11.3 Å². The van der Waals surface area contributed by atoms with Crippen LogP contribution in [0.3, 0.4) is 0 Å². The number of aliphatic carboxylic acids is 1. The van der Waals surface area contributed by atoms with Gasteiger partial charge in [-0.2, -0.15) is 0 Å². The Morgan fingerprint density at radius 1 is 0.971 bits per heavy atom. The smallest absolute Gasteiger partial charge is 1.00 e. The summed E-state index contributed by atoms with van der Waals surface area (Å²) >= 11 is 5.92. The molecule has 0 fully saturated rings. The van der Waals surface area contributed by atoms with Gasteiger partial charge in [0.1, 0.15) is 5.52 Å². The summed E-state index contributed by atoms with van der Waals surface area (Å²) in [7, 11) is 0. The number of carbonyl (C=O) groups excluding carboxylic acids is 1. The topological polar surface area (TPSA) is 102 Å². The molecular weight excluding hydrogens is 481 g/mol. The van der Waals surface area contributed by atoms with Crippen molar-refractivity contribution >= 4 is 34.3 Å². The first-order valence-electron chi connectivity index (χ1n) is 10.4. The standard InChI is InChI=1S/C25H20ClN3O4.K.H/c26-20-11-9-17(10-12-20)16-5-7-18(8-6-16)23(30)15-19(25(32)33)13-14-29-24(31)21-3-1-2-4-22(21)27-28-29;;/h1-12,19H,13-15H2,(H,32,33);;/q;+1;-1. The molecule has 0 spiro atoms. The first-order valence-corrected chi connectivity index (χ1v) is 10.7. The fourth-order valence-electron chi connectivity index (χ4n) is 3.59. The van der Waals surface area contributed by atoms with E-state index in [-0.39, 0.29) is 83.5 Å². The molecule has 1 heterocycles. The van der Waals surface area contributed by atoms with E-state index in [9.17, 15) is 19.5 Å². The van der Waals surface area contributed by atoms with Gasteiger partial charge in [0.25, 0.3) is 5.56 Å². The van der Waals surface area contributed by atoms with Gasteiger partial charge in [-0.1, -0.05) is 65.3 Å². The van der Waals surface area contributed by atoms with Gasteiger partial charge in [-0.05, 0) is 41.8 Å². The number of nitrogens with zero attached hydrogens (tertiary/aromatic N) is 3. The van der Waals surface area contributed by atoms with E-state index in [4.69, 9.17) is 11.6 Å². The molecule has 9 heteroatoms. The van der Waals surface area contributed by atoms with E-state index in [1.165, 1.54) is 0 Å². The van der Waals surface area contributed by atoms with Gasteiger partial charge in [0.05, 0.1) is 11.3 Å². The molecule has 0 saturated heterocycles. The molecule has 0 aliphatic heterocycles. The molecule has 168 valence electrons. The Bertz CT molecular complexity index is 1380. The quantitative estimate of drug-likeness (QED) is 0.290. The molecule has 1 aromatic heterocycles. The van der Waals surface area contributed by atoms with Crippen molar-refractivity contribution < 1.29 is 67.5 Å². The van der Waals surface area contributed by atoms with Gasteiger partial charge >= 0.3 is 57.4 Å². The Morgan fingerprint density at radius 2 is 1.59 bits per heavy atom. The summed E-state index contributed by atoms with van der Waals surface area (Å²) < 4.78 is 1.14. The van der Waals surface area contributed by atoms with Crippen molar-refractivity contribution in [2.45, 2.75) is 19.4 Å². The largest absolute Gasteiger partial charge is 1.00 e. The van der Waals surface area contributed by atoms with E-state index in [1.54, 1.807) is 48.5 Å². The molecular formula is C25H21ClKN3O4. The van der Waals surface area contributed by atoms with Crippen molar-refractivity contribution in [3.63, 3.8) is 0 Å². The third kappa shape index (κ3) is 6.27. The molecule has 3 aromatic carbocycles. The molecule has 1 unspecified atom stereocenters. The van der Waals surface area contributed by atoms with Crippen LogP contribution in [0.15, 0.2) is 77.6 Å². The van der Waals surface area contributed by atoms with Crippen molar-refractivity contribution in [3.05, 3.63) is 93.7 Å². The molecule has 0 amide bonds. The SMILES string of the molecule is O=C(CC(CCn1nnc2ccccc2c1=O)C(=O)O)c1ccc(-c2ccc(Cl)cc2)cc1.[H-].[K+]. The van der Waals surface area contributed by atoms with Crippen LogP contribution in [0, 0.1) is 5.92 Å². The van der Waals surface area contributed by atoms with E-state index in [0.717, 1.165) is 15.8 Å². The molecule has 4 aromatic rings. The van der Waals surface area contributed by atoms with Crippen LogP contribution in [0.4, 0.5) is 0 Å². The fraction of sp³-hybridized carbons (Fsp3) is 0.160. The molecule has 0 aliphatic carbocycles. The van der Waals surface area contributed by atoms with E-state index in [0.29, 0.717) is 21.5 Å². The van der Waals surface area contributed by atoms with Gasteiger partial charge in [0.2, 0.25) is 0 Å². The molecule has 1 atom stereocenters. The predicted octanol–water partition coefficient (Wildman–Crippen LogP) is 1.59. The Balaban J connectivity index is 0.00000216. The van der Waals surface area contributed by atoms with Crippen LogP contribution in [0.25, 0.3) is 22.0 Å². The first kappa shape index (κ1) is 26.4. The maximum Gasteiger partial charge on any atom is 1.00 e. The summed E-state index contributed by atoms with van der Waals surface area (Å²) in [6.07, 6.45) is -0.0950. The van der Waals surface area contributed by atoms with Crippen molar-refractivity contribution in [1.29, 1.82) is 0 Å². The number of rotatable bonds is 8. The van der Waals surface area contributed by atoms with Crippen molar-refractivity contribution in [2.24, 2.45) is 5.92 Å². The Labute approximate surface area is 244 Å². The van der Waals surface area contributed by atoms with Crippen LogP contribution in [0.2, 0.25) is 5.02 Å². The summed E-state index contributed by atoms with van der Waals surface area (Å²) in [5.41, 5.74) is 2.46. The number of hydrogen-bond acceptors (Lipinski definition) is 5. The number of hydrogen-bond donors (Lipinski definition) is 1. The molecule has 7 nitrogen and oxygen atoms in total. The second kappa shape index (κ2) is 12.0. The van der Waals surface area contributed by atoms with Gasteiger partial charge in [-0.15, -0.1) is 5.10 Å². The van der Waals surface area contributed by atoms with E-state index < -0.39 is 11.9 Å². The summed E-state index contributed by atoms with van der Waals surface area (Å²) in [4.78, 5) is 37.1. The monoisotopic (exact) mass is 501 g/mol. The van der Waals surface area contributed by atoms with Crippen molar-refractivity contribution in [3.8, 4) is 11.1 Å². The number of halogens is 1. The van der Waals surface area contributed by atoms with Crippen LogP contribution in [-0.4, -0.2) is 31.9 Å².